The average Bonchev–Trinajstić information content (AvgIpc) is 2.81. The van der Waals surface area contributed by atoms with Crippen LogP contribution in [0, 0.1) is 11.6 Å². The molecule has 0 bridgehead atoms. The van der Waals surface area contributed by atoms with E-state index in [-0.39, 0.29) is 30.2 Å². The average molecular weight is 493 g/mol. The fraction of sp³-hybridized carbons (Fsp3) is 0.375. The second-order valence-electron chi connectivity index (χ2n) is 7.90. The molecule has 182 valence electrons. The first-order valence-electron chi connectivity index (χ1n) is 11.1. The number of rotatable bonds is 6. The highest BCUT2D eigenvalue weighted by molar-refractivity contribution is 6.31. The van der Waals surface area contributed by atoms with Crippen LogP contribution in [-0.4, -0.2) is 36.7 Å². The minimum atomic E-state index is -1.11. The first-order valence-corrected chi connectivity index (χ1v) is 11.5. The molecule has 0 unspecified atom stereocenters. The van der Waals surface area contributed by atoms with Gasteiger partial charge >= 0.3 is 6.09 Å². The molecule has 1 aliphatic rings. The number of nitrogens with zero attached hydrogens (tertiary/aromatic N) is 1. The number of halogens is 3. The fourth-order valence-corrected chi connectivity index (χ4v) is 3.84. The second kappa shape index (κ2) is 12.3. The van der Waals surface area contributed by atoms with Crippen molar-refractivity contribution in [2.75, 3.05) is 6.61 Å². The van der Waals surface area contributed by atoms with Crippen LogP contribution in [0.5, 0.6) is 0 Å². The number of ether oxygens (including phenoxy) is 1. The van der Waals surface area contributed by atoms with Gasteiger partial charge in [0.05, 0.1) is 13.2 Å². The van der Waals surface area contributed by atoms with E-state index in [0.717, 1.165) is 43.4 Å². The SMILES string of the molecule is CCOC(=O)NC1CCC(NC(=NCc2ccccc2Cl)NC(=O)c2ccc(F)c(F)c2)CC1. The number of hydrogen-bond donors (Lipinski definition) is 3. The number of carbonyl (C=O) groups is 2. The van der Waals surface area contributed by atoms with Crippen molar-refractivity contribution in [1.82, 2.24) is 16.0 Å². The Kier molecular flexibility index (Phi) is 9.21. The first kappa shape index (κ1) is 25.4. The molecule has 2 aromatic rings. The third-order valence-electron chi connectivity index (χ3n) is 5.44. The van der Waals surface area contributed by atoms with Gasteiger partial charge in [-0.1, -0.05) is 29.8 Å². The van der Waals surface area contributed by atoms with E-state index in [4.69, 9.17) is 16.3 Å². The van der Waals surface area contributed by atoms with Crippen LogP contribution in [0.3, 0.4) is 0 Å². The smallest absolute Gasteiger partial charge is 0.407 e. The topological polar surface area (TPSA) is 91.8 Å². The maximum absolute atomic E-state index is 13.6. The molecular formula is C24H27ClF2N4O3. The summed E-state index contributed by atoms with van der Waals surface area (Å²) in [6.45, 7) is 2.27. The summed E-state index contributed by atoms with van der Waals surface area (Å²) < 4.78 is 31.8. The van der Waals surface area contributed by atoms with E-state index in [1.165, 1.54) is 6.07 Å². The van der Waals surface area contributed by atoms with Crippen molar-refractivity contribution in [2.24, 2.45) is 4.99 Å². The largest absolute Gasteiger partial charge is 0.450 e. The lowest BCUT2D eigenvalue weighted by Crippen LogP contribution is -2.49. The van der Waals surface area contributed by atoms with Crippen molar-refractivity contribution >= 4 is 29.6 Å². The number of hydrogen-bond acceptors (Lipinski definition) is 4. The van der Waals surface area contributed by atoms with Crippen LogP contribution in [-0.2, 0) is 11.3 Å². The number of nitrogens with one attached hydrogen (secondary N) is 3. The van der Waals surface area contributed by atoms with Crippen molar-refractivity contribution in [2.45, 2.75) is 51.2 Å². The Balaban J connectivity index is 1.67. The fourth-order valence-electron chi connectivity index (χ4n) is 3.64. The number of guanidine groups is 1. The molecule has 3 N–H and O–H groups in total. The summed E-state index contributed by atoms with van der Waals surface area (Å²) in [7, 11) is 0. The molecule has 0 atom stereocenters. The monoisotopic (exact) mass is 492 g/mol. The molecule has 0 saturated heterocycles. The zero-order valence-corrected chi connectivity index (χ0v) is 19.5. The molecule has 0 heterocycles. The summed E-state index contributed by atoms with van der Waals surface area (Å²) in [5.74, 6) is -2.56. The summed E-state index contributed by atoms with van der Waals surface area (Å²) in [4.78, 5) is 28.8. The molecule has 2 aromatic carbocycles. The molecule has 0 radical (unpaired) electrons. The van der Waals surface area contributed by atoms with Gasteiger partial charge in [0, 0.05) is 22.7 Å². The highest BCUT2D eigenvalue weighted by Crippen LogP contribution is 2.19. The molecule has 1 aliphatic carbocycles. The molecule has 7 nitrogen and oxygen atoms in total. The normalized spacial score (nSPS) is 18.2. The quantitative estimate of drug-likeness (QED) is 0.407. The molecule has 0 aromatic heterocycles. The minimum Gasteiger partial charge on any atom is -0.450 e. The van der Waals surface area contributed by atoms with Gasteiger partial charge in [0.15, 0.2) is 17.6 Å². The molecule has 3 rings (SSSR count). The van der Waals surface area contributed by atoms with Gasteiger partial charge in [-0.3, -0.25) is 10.1 Å². The number of alkyl carbamates (subject to hydrolysis) is 1. The molecule has 1 fully saturated rings. The van der Waals surface area contributed by atoms with Crippen molar-refractivity contribution in [3.63, 3.8) is 0 Å². The van der Waals surface area contributed by atoms with E-state index < -0.39 is 23.6 Å². The van der Waals surface area contributed by atoms with Crippen molar-refractivity contribution in [3.05, 3.63) is 70.2 Å². The lowest BCUT2D eigenvalue weighted by molar-refractivity contribution is 0.0974. The van der Waals surface area contributed by atoms with Gasteiger partial charge in [-0.15, -0.1) is 0 Å². The molecule has 1 saturated carbocycles. The lowest BCUT2D eigenvalue weighted by atomic mass is 9.91. The van der Waals surface area contributed by atoms with Crippen molar-refractivity contribution in [1.29, 1.82) is 0 Å². The summed E-state index contributed by atoms with van der Waals surface area (Å²) in [6, 6.07) is 10.2. The molecular weight excluding hydrogens is 466 g/mol. The summed E-state index contributed by atoms with van der Waals surface area (Å²) in [5, 5.41) is 9.27. The Morgan fingerprint density at radius 2 is 1.71 bits per heavy atom. The Labute approximate surface area is 201 Å². The first-order chi connectivity index (χ1) is 16.4. The van der Waals surface area contributed by atoms with Crippen LogP contribution in [0.4, 0.5) is 13.6 Å². The van der Waals surface area contributed by atoms with Gasteiger partial charge < -0.3 is 15.4 Å². The predicted molar refractivity (Wildman–Crippen MR) is 126 cm³/mol. The van der Waals surface area contributed by atoms with Crippen LogP contribution in [0.1, 0.15) is 48.5 Å². The number of amides is 2. The highest BCUT2D eigenvalue weighted by Gasteiger charge is 2.24. The lowest BCUT2D eigenvalue weighted by Gasteiger charge is -2.30. The van der Waals surface area contributed by atoms with Gasteiger partial charge in [0.2, 0.25) is 0 Å². The highest BCUT2D eigenvalue weighted by atomic mass is 35.5. The van der Waals surface area contributed by atoms with Crippen LogP contribution >= 0.6 is 11.6 Å². The summed E-state index contributed by atoms with van der Waals surface area (Å²) in [5.41, 5.74) is 0.737. The Morgan fingerprint density at radius 1 is 1.03 bits per heavy atom. The minimum absolute atomic E-state index is 0.00417. The van der Waals surface area contributed by atoms with Gasteiger partial charge in [-0.05, 0) is 62.4 Å². The van der Waals surface area contributed by atoms with Gasteiger partial charge in [0.25, 0.3) is 5.91 Å². The molecule has 0 aliphatic heterocycles. The molecule has 2 amide bonds. The van der Waals surface area contributed by atoms with E-state index >= 15 is 0 Å². The van der Waals surface area contributed by atoms with Crippen LogP contribution in [0.15, 0.2) is 47.5 Å². The third-order valence-corrected chi connectivity index (χ3v) is 5.81. The summed E-state index contributed by atoms with van der Waals surface area (Å²) >= 11 is 6.21. The molecule has 10 heteroatoms. The van der Waals surface area contributed by atoms with E-state index in [1.54, 1.807) is 13.0 Å². The number of benzene rings is 2. The molecule has 34 heavy (non-hydrogen) atoms. The predicted octanol–water partition coefficient (Wildman–Crippen LogP) is 4.55. The number of carbonyl (C=O) groups excluding carboxylic acids is 2. The van der Waals surface area contributed by atoms with Crippen LogP contribution in [0.2, 0.25) is 5.02 Å². The second-order valence-corrected chi connectivity index (χ2v) is 8.30. The van der Waals surface area contributed by atoms with E-state index in [2.05, 4.69) is 20.9 Å². The maximum atomic E-state index is 13.6. The van der Waals surface area contributed by atoms with Gasteiger partial charge in [-0.2, -0.15) is 0 Å². The maximum Gasteiger partial charge on any atom is 0.407 e. The van der Waals surface area contributed by atoms with Crippen molar-refractivity contribution in [3.8, 4) is 0 Å². The zero-order chi connectivity index (χ0) is 24.5. The Hall–Kier alpha value is -3.20. The van der Waals surface area contributed by atoms with Gasteiger partial charge in [0.1, 0.15) is 0 Å². The van der Waals surface area contributed by atoms with E-state index in [0.29, 0.717) is 11.6 Å². The number of aliphatic imine (C=N–C) groups is 1. The standard InChI is InChI=1S/C24H27ClF2N4O3/c1-2-34-24(33)30-18-10-8-17(9-11-18)29-23(28-14-16-5-3-4-6-19(16)25)31-22(32)15-7-12-20(26)21(27)13-15/h3-7,12-13,17-18H,2,8-11,14H2,1H3,(H,30,33)(H2,28,29,31,32). The summed E-state index contributed by atoms with van der Waals surface area (Å²) in [6.07, 6.45) is 2.48. The van der Waals surface area contributed by atoms with Crippen molar-refractivity contribution < 1.29 is 23.1 Å². The third kappa shape index (κ3) is 7.41. The Morgan fingerprint density at radius 3 is 2.35 bits per heavy atom. The molecule has 0 spiro atoms. The van der Waals surface area contributed by atoms with E-state index in [9.17, 15) is 18.4 Å². The Bertz CT molecular complexity index is 1040. The zero-order valence-electron chi connectivity index (χ0n) is 18.7. The van der Waals surface area contributed by atoms with Gasteiger partial charge in [-0.25, -0.2) is 18.6 Å². The van der Waals surface area contributed by atoms with Crippen LogP contribution in [0.25, 0.3) is 0 Å². The van der Waals surface area contributed by atoms with E-state index in [1.807, 2.05) is 18.2 Å². The van der Waals surface area contributed by atoms with Crippen LogP contribution < -0.4 is 16.0 Å².